The molecule has 0 amide bonds. The zero-order valence-electron chi connectivity index (χ0n) is 15.8. The van der Waals surface area contributed by atoms with Gasteiger partial charge in [0.2, 0.25) is 0 Å². The lowest BCUT2D eigenvalue weighted by atomic mass is 9.88. The highest BCUT2D eigenvalue weighted by Gasteiger charge is 2.14. The smallest absolute Gasteiger partial charge is 0.0412 e. The summed E-state index contributed by atoms with van der Waals surface area (Å²) in [5, 5.41) is 3.22. The van der Waals surface area contributed by atoms with Gasteiger partial charge in [0.15, 0.2) is 0 Å². The van der Waals surface area contributed by atoms with Crippen LogP contribution in [0.3, 0.4) is 0 Å². The molecule has 0 radical (unpaired) electrons. The van der Waals surface area contributed by atoms with Gasteiger partial charge in [0.25, 0.3) is 0 Å². The Morgan fingerprint density at radius 1 is 0.414 bits per heavy atom. The van der Waals surface area contributed by atoms with Gasteiger partial charge in [-0.15, -0.1) is 0 Å². The topological polar surface area (TPSA) is 0 Å². The van der Waals surface area contributed by atoms with Gasteiger partial charge < -0.3 is 0 Å². The van der Waals surface area contributed by atoms with Crippen molar-refractivity contribution in [2.24, 2.45) is 0 Å². The maximum Gasteiger partial charge on any atom is 0.0412 e. The number of hydrogen-bond donors (Lipinski definition) is 0. The third kappa shape index (κ3) is 3.33. The number of rotatable bonds is 3. The summed E-state index contributed by atoms with van der Waals surface area (Å²) >= 11 is 6.46. The SMILES string of the molecule is Clc1ccc(-c2ccccc2)c(-c2cccc3cccc(-c4ccccc4)c23)c1. The first kappa shape index (κ1) is 17.7. The maximum atomic E-state index is 6.46. The lowest BCUT2D eigenvalue weighted by Crippen LogP contribution is -1.89. The first-order valence-corrected chi connectivity index (χ1v) is 10.1. The summed E-state index contributed by atoms with van der Waals surface area (Å²) in [6, 6.07) is 40.3. The van der Waals surface area contributed by atoms with Gasteiger partial charge in [0.1, 0.15) is 0 Å². The Morgan fingerprint density at radius 3 is 1.66 bits per heavy atom. The van der Waals surface area contributed by atoms with Crippen LogP contribution in [-0.4, -0.2) is 0 Å². The van der Waals surface area contributed by atoms with Crippen molar-refractivity contribution in [3.05, 3.63) is 120 Å². The molecule has 0 aromatic heterocycles. The van der Waals surface area contributed by atoms with Crippen molar-refractivity contribution in [1.82, 2.24) is 0 Å². The molecule has 5 aromatic carbocycles. The van der Waals surface area contributed by atoms with Crippen LogP contribution < -0.4 is 0 Å². The molecule has 138 valence electrons. The van der Waals surface area contributed by atoms with Crippen molar-refractivity contribution < 1.29 is 0 Å². The van der Waals surface area contributed by atoms with Gasteiger partial charge in [-0.25, -0.2) is 0 Å². The molecule has 0 unspecified atom stereocenters. The van der Waals surface area contributed by atoms with E-state index in [-0.39, 0.29) is 0 Å². The van der Waals surface area contributed by atoms with E-state index in [4.69, 9.17) is 11.6 Å². The van der Waals surface area contributed by atoms with Crippen LogP contribution in [0, 0.1) is 0 Å². The molecule has 0 spiro atoms. The minimum Gasteiger partial charge on any atom is -0.0843 e. The Kier molecular flexibility index (Phi) is 4.63. The van der Waals surface area contributed by atoms with E-state index in [1.165, 1.54) is 38.6 Å². The molecule has 0 heterocycles. The fourth-order valence-corrected chi connectivity index (χ4v) is 4.20. The van der Waals surface area contributed by atoms with E-state index in [9.17, 15) is 0 Å². The van der Waals surface area contributed by atoms with Crippen LogP contribution in [0.5, 0.6) is 0 Å². The van der Waals surface area contributed by atoms with Crippen molar-refractivity contribution in [3.63, 3.8) is 0 Å². The molecule has 0 aliphatic carbocycles. The van der Waals surface area contributed by atoms with Crippen LogP contribution >= 0.6 is 11.6 Å². The average Bonchev–Trinajstić information content (AvgIpc) is 2.79. The monoisotopic (exact) mass is 390 g/mol. The average molecular weight is 391 g/mol. The van der Waals surface area contributed by atoms with Crippen LogP contribution in [0.15, 0.2) is 115 Å². The molecule has 0 saturated heterocycles. The number of fused-ring (bicyclic) bond motifs is 1. The van der Waals surface area contributed by atoms with E-state index < -0.39 is 0 Å². The summed E-state index contributed by atoms with van der Waals surface area (Å²) in [5.41, 5.74) is 7.17. The number of hydrogen-bond acceptors (Lipinski definition) is 0. The van der Waals surface area contributed by atoms with Gasteiger partial charge in [-0.05, 0) is 56.3 Å². The third-order valence-electron chi connectivity index (χ3n) is 5.35. The lowest BCUT2D eigenvalue weighted by Gasteiger charge is -2.16. The highest BCUT2D eigenvalue weighted by atomic mass is 35.5. The molecule has 0 fully saturated rings. The second kappa shape index (κ2) is 7.58. The molecule has 0 bridgehead atoms. The van der Waals surface area contributed by atoms with Crippen LogP contribution in [-0.2, 0) is 0 Å². The van der Waals surface area contributed by atoms with Crippen LogP contribution in [0.1, 0.15) is 0 Å². The van der Waals surface area contributed by atoms with Crippen molar-refractivity contribution in [2.75, 3.05) is 0 Å². The Labute approximate surface area is 176 Å². The summed E-state index contributed by atoms with van der Waals surface area (Å²) in [6.45, 7) is 0. The summed E-state index contributed by atoms with van der Waals surface area (Å²) in [7, 11) is 0. The first-order valence-electron chi connectivity index (χ1n) is 9.74. The zero-order chi connectivity index (χ0) is 19.6. The van der Waals surface area contributed by atoms with Crippen molar-refractivity contribution in [2.45, 2.75) is 0 Å². The number of halogens is 1. The molecule has 5 rings (SSSR count). The summed E-state index contributed by atoms with van der Waals surface area (Å²) in [4.78, 5) is 0. The van der Waals surface area contributed by atoms with E-state index in [2.05, 4.69) is 103 Å². The van der Waals surface area contributed by atoms with Crippen molar-refractivity contribution in [3.8, 4) is 33.4 Å². The fraction of sp³-hybridized carbons (Fsp3) is 0. The second-order valence-corrected chi connectivity index (χ2v) is 7.57. The predicted octanol–water partition coefficient (Wildman–Crippen LogP) is 8.49. The van der Waals surface area contributed by atoms with Gasteiger partial charge >= 0.3 is 0 Å². The number of benzene rings is 5. The first-order chi connectivity index (χ1) is 14.3. The molecule has 1 heteroatoms. The highest BCUT2D eigenvalue weighted by Crippen LogP contribution is 2.41. The molecule has 0 aliphatic rings. The summed E-state index contributed by atoms with van der Waals surface area (Å²) in [5.74, 6) is 0. The molecule has 29 heavy (non-hydrogen) atoms. The van der Waals surface area contributed by atoms with Gasteiger partial charge in [-0.1, -0.05) is 115 Å². The Bertz CT molecular complexity index is 1280. The fourth-order valence-electron chi connectivity index (χ4n) is 4.03. The largest absolute Gasteiger partial charge is 0.0843 e. The maximum absolute atomic E-state index is 6.46. The van der Waals surface area contributed by atoms with Gasteiger partial charge in [0.05, 0.1) is 0 Å². The van der Waals surface area contributed by atoms with E-state index >= 15 is 0 Å². The highest BCUT2D eigenvalue weighted by molar-refractivity contribution is 6.31. The van der Waals surface area contributed by atoms with E-state index in [0.29, 0.717) is 0 Å². The van der Waals surface area contributed by atoms with Crippen LogP contribution in [0.25, 0.3) is 44.2 Å². The van der Waals surface area contributed by atoms with Crippen LogP contribution in [0.2, 0.25) is 5.02 Å². The van der Waals surface area contributed by atoms with Gasteiger partial charge in [-0.3, -0.25) is 0 Å². The molecule has 0 aliphatic heterocycles. The minimum absolute atomic E-state index is 0.744. The Balaban J connectivity index is 1.85. The van der Waals surface area contributed by atoms with E-state index in [0.717, 1.165) is 10.6 Å². The van der Waals surface area contributed by atoms with E-state index in [1.807, 2.05) is 12.1 Å². The second-order valence-electron chi connectivity index (χ2n) is 7.13. The van der Waals surface area contributed by atoms with Gasteiger partial charge in [0, 0.05) is 5.02 Å². The Morgan fingerprint density at radius 2 is 1.00 bits per heavy atom. The molecule has 0 saturated carbocycles. The van der Waals surface area contributed by atoms with Crippen molar-refractivity contribution >= 4 is 22.4 Å². The normalized spacial score (nSPS) is 10.9. The third-order valence-corrected chi connectivity index (χ3v) is 5.58. The molecule has 5 aromatic rings. The molecular formula is C28H19Cl. The predicted molar refractivity (Wildman–Crippen MR) is 125 cm³/mol. The standard InChI is InChI=1S/C28H19Cl/c29-23-17-18-24(20-9-3-1-4-10-20)27(19-23)26-16-8-14-22-13-7-15-25(28(22)26)21-11-5-2-6-12-21/h1-19H. The quantitative estimate of drug-likeness (QED) is 0.289. The van der Waals surface area contributed by atoms with Crippen LogP contribution in [0.4, 0.5) is 0 Å². The lowest BCUT2D eigenvalue weighted by molar-refractivity contribution is 1.59. The molecular weight excluding hydrogens is 372 g/mol. The van der Waals surface area contributed by atoms with E-state index in [1.54, 1.807) is 0 Å². The van der Waals surface area contributed by atoms with Gasteiger partial charge in [-0.2, -0.15) is 0 Å². The molecule has 0 N–H and O–H groups in total. The zero-order valence-corrected chi connectivity index (χ0v) is 16.6. The molecule has 0 nitrogen and oxygen atoms in total. The molecule has 0 atom stereocenters. The van der Waals surface area contributed by atoms with Crippen molar-refractivity contribution in [1.29, 1.82) is 0 Å². The Hall–Kier alpha value is -3.35. The summed E-state index contributed by atoms with van der Waals surface area (Å²) in [6.07, 6.45) is 0. The summed E-state index contributed by atoms with van der Waals surface area (Å²) < 4.78 is 0. The minimum atomic E-state index is 0.744.